The van der Waals surface area contributed by atoms with Gasteiger partial charge in [-0.05, 0) is 31.0 Å². The number of hydrazone groups is 1. The molecular formula is C19H22ClN3O4S. The average Bonchev–Trinajstić information content (AvgIpc) is 2.68. The van der Waals surface area contributed by atoms with E-state index in [1.165, 1.54) is 19.2 Å². The summed E-state index contributed by atoms with van der Waals surface area (Å²) in [5.41, 5.74) is 0.879. The molecule has 9 heteroatoms. The Kier molecular flexibility index (Phi) is 6.31. The lowest BCUT2D eigenvalue weighted by molar-refractivity contribution is 0.306. The maximum absolute atomic E-state index is 12.7. The van der Waals surface area contributed by atoms with Gasteiger partial charge in [-0.25, -0.2) is 0 Å². The van der Waals surface area contributed by atoms with E-state index >= 15 is 0 Å². The molecule has 1 saturated heterocycles. The lowest BCUT2D eigenvalue weighted by Gasteiger charge is -2.32. The quantitative estimate of drug-likeness (QED) is 0.252. The van der Waals surface area contributed by atoms with E-state index < -0.39 is 10.1 Å². The normalized spacial score (nSPS) is 17.6. The van der Waals surface area contributed by atoms with Gasteiger partial charge in [0.2, 0.25) is 0 Å². The molecule has 0 amide bonds. The van der Waals surface area contributed by atoms with Crippen molar-refractivity contribution in [2.45, 2.75) is 23.7 Å². The monoisotopic (exact) mass is 423 g/mol. The molecule has 0 spiro atoms. The molecule has 0 bridgehead atoms. The molecule has 1 fully saturated rings. The van der Waals surface area contributed by atoms with E-state index in [4.69, 9.17) is 26.4 Å². The van der Waals surface area contributed by atoms with Crippen molar-refractivity contribution in [3.05, 3.63) is 53.1 Å². The van der Waals surface area contributed by atoms with E-state index in [1.807, 2.05) is 11.0 Å². The Morgan fingerprint density at radius 2 is 2.04 bits per heavy atom. The molecule has 0 aliphatic carbocycles. The zero-order valence-corrected chi connectivity index (χ0v) is 17.0. The van der Waals surface area contributed by atoms with Crippen molar-refractivity contribution in [1.29, 1.82) is 0 Å². The number of nitrogens with zero attached hydrogens (tertiary/aromatic N) is 2. The number of benzene rings is 2. The lowest BCUT2D eigenvalue weighted by atomic mass is 9.90. The van der Waals surface area contributed by atoms with Crippen LogP contribution in [0.5, 0.6) is 11.5 Å². The molecule has 0 aromatic heterocycles. The van der Waals surface area contributed by atoms with Gasteiger partial charge in [-0.15, -0.1) is 0 Å². The Morgan fingerprint density at radius 1 is 1.25 bits per heavy atom. The van der Waals surface area contributed by atoms with E-state index in [-0.39, 0.29) is 21.6 Å². The number of hydrogen-bond donors (Lipinski definition) is 1. The van der Waals surface area contributed by atoms with Crippen molar-refractivity contribution in [2.24, 2.45) is 10.9 Å². The van der Waals surface area contributed by atoms with Crippen LogP contribution in [0.1, 0.15) is 24.3 Å². The molecule has 1 unspecified atom stereocenters. The highest BCUT2D eigenvalue weighted by molar-refractivity contribution is 7.87. The van der Waals surface area contributed by atoms with Crippen LogP contribution in [-0.2, 0) is 10.1 Å². The van der Waals surface area contributed by atoms with Crippen LogP contribution in [0.3, 0.4) is 0 Å². The summed E-state index contributed by atoms with van der Waals surface area (Å²) in [6.07, 6.45) is 3.51. The van der Waals surface area contributed by atoms with Crippen molar-refractivity contribution < 1.29 is 17.3 Å². The van der Waals surface area contributed by atoms with Gasteiger partial charge in [0.15, 0.2) is 11.5 Å². The highest BCUT2D eigenvalue weighted by Crippen LogP contribution is 2.40. The van der Waals surface area contributed by atoms with Crippen molar-refractivity contribution in [1.82, 2.24) is 4.90 Å². The van der Waals surface area contributed by atoms with Crippen LogP contribution >= 0.6 is 11.6 Å². The minimum Gasteiger partial charge on any atom is -0.492 e. The standard InChI is InChI=1S/C19H22ClN3O4S/c1-26-19-15(14-6-5-11-23(12-14)13-22-21)7-4-9-17(19)27-28(24,25)18-10-3-2-8-16(18)20/h2-4,7-10,13-14H,5-6,11-12,21H2,1H3. The number of methoxy groups -OCH3 is 1. The molecule has 2 aromatic carbocycles. The van der Waals surface area contributed by atoms with Gasteiger partial charge in [0.1, 0.15) is 11.2 Å². The Labute approximate surface area is 169 Å². The molecule has 0 saturated carbocycles. The highest BCUT2D eigenvalue weighted by Gasteiger charge is 2.27. The van der Waals surface area contributed by atoms with Crippen LogP contribution in [0.15, 0.2) is 52.5 Å². The number of para-hydroxylation sites is 1. The third-order valence-electron chi connectivity index (χ3n) is 4.64. The molecule has 1 atom stereocenters. The first-order valence-corrected chi connectivity index (χ1v) is 10.6. The summed E-state index contributed by atoms with van der Waals surface area (Å²) in [4.78, 5) is 1.94. The van der Waals surface area contributed by atoms with E-state index in [2.05, 4.69) is 5.10 Å². The maximum Gasteiger partial charge on any atom is 0.340 e. The van der Waals surface area contributed by atoms with Gasteiger partial charge in [-0.2, -0.15) is 13.5 Å². The van der Waals surface area contributed by atoms with Crippen molar-refractivity contribution in [3.63, 3.8) is 0 Å². The predicted molar refractivity (Wildman–Crippen MR) is 108 cm³/mol. The molecule has 1 aliphatic rings. The fourth-order valence-electron chi connectivity index (χ4n) is 3.41. The Morgan fingerprint density at radius 3 is 2.75 bits per heavy atom. The Balaban J connectivity index is 1.93. The van der Waals surface area contributed by atoms with E-state index in [0.29, 0.717) is 12.3 Å². The number of halogens is 1. The van der Waals surface area contributed by atoms with Crippen molar-refractivity contribution >= 4 is 28.1 Å². The van der Waals surface area contributed by atoms with Crippen molar-refractivity contribution in [2.75, 3.05) is 20.2 Å². The number of likely N-dealkylation sites (tertiary alicyclic amines) is 1. The molecule has 7 nitrogen and oxygen atoms in total. The molecule has 2 N–H and O–H groups in total. The molecular weight excluding hydrogens is 402 g/mol. The smallest absolute Gasteiger partial charge is 0.340 e. The first kappa shape index (κ1) is 20.3. The number of rotatable bonds is 6. The summed E-state index contributed by atoms with van der Waals surface area (Å²) < 4.78 is 36.4. The Bertz CT molecular complexity index is 965. The predicted octanol–water partition coefficient (Wildman–Crippen LogP) is 3.20. The van der Waals surface area contributed by atoms with Gasteiger partial charge < -0.3 is 19.7 Å². The number of piperidine rings is 1. The molecule has 0 radical (unpaired) electrons. The largest absolute Gasteiger partial charge is 0.492 e. The van der Waals surface area contributed by atoms with Crippen LogP contribution in [0, 0.1) is 0 Å². The van der Waals surface area contributed by atoms with Crippen molar-refractivity contribution in [3.8, 4) is 11.5 Å². The SMILES string of the molecule is COc1c(OS(=O)(=O)c2ccccc2Cl)cccc1C1CCCN(C=NN)C1. The van der Waals surface area contributed by atoms with Crippen LogP contribution in [0.4, 0.5) is 0 Å². The topological polar surface area (TPSA) is 94.2 Å². The van der Waals surface area contributed by atoms with Gasteiger partial charge >= 0.3 is 10.1 Å². The van der Waals surface area contributed by atoms with E-state index in [1.54, 1.807) is 30.6 Å². The van der Waals surface area contributed by atoms with E-state index in [0.717, 1.165) is 24.9 Å². The molecule has 1 aliphatic heterocycles. The fourth-order valence-corrected chi connectivity index (χ4v) is 4.84. The second-order valence-electron chi connectivity index (χ2n) is 6.45. The number of hydrogen-bond acceptors (Lipinski definition) is 6. The summed E-state index contributed by atoms with van der Waals surface area (Å²) in [7, 11) is -2.61. The minimum atomic E-state index is -4.10. The van der Waals surface area contributed by atoms with Gasteiger partial charge in [0, 0.05) is 24.6 Å². The van der Waals surface area contributed by atoms with Gasteiger partial charge in [0.05, 0.1) is 12.1 Å². The first-order valence-electron chi connectivity index (χ1n) is 8.79. The second kappa shape index (κ2) is 8.70. The number of nitrogens with two attached hydrogens (primary N) is 1. The van der Waals surface area contributed by atoms with Crippen LogP contribution in [0.2, 0.25) is 5.02 Å². The molecule has 2 aromatic rings. The zero-order chi connectivity index (χ0) is 20.1. The van der Waals surface area contributed by atoms with Crippen LogP contribution < -0.4 is 14.8 Å². The molecule has 3 rings (SSSR count). The third-order valence-corrected chi connectivity index (χ3v) is 6.38. The summed E-state index contributed by atoms with van der Waals surface area (Å²) in [5.74, 6) is 5.93. The molecule has 1 heterocycles. The Hall–Kier alpha value is -2.45. The molecule has 28 heavy (non-hydrogen) atoms. The summed E-state index contributed by atoms with van der Waals surface area (Å²) in [6.45, 7) is 1.58. The fraction of sp³-hybridized carbons (Fsp3) is 0.316. The van der Waals surface area contributed by atoms with E-state index in [9.17, 15) is 8.42 Å². The zero-order valence-electron chi connectivity index (χ0n) is 15.4. The van der Waals surface area contributed by atoms with Crippen LogP contribution in [-0.4, -0.2) is 39.9 Å². The highest BCUT2D eigenvalue weighted by atomic mass is 35.5. The lowest BCUT2D eigenvalue weighted by Crippen LogP contribution is -2.33. The average molecular weight is 424 g/mol. The number of ether oxygens (including phenoxy) is 1. The molecule has 150 valence electrons. The summed E-state index contributed by atoms with van der Waals surface area (Å²) in [5, 5.41) is 3.69. The minimum absolute atomic E-state index is 0.0906. The van der Waals surface area contributed by atoms with Crippen LogP contribution in [0.25, 0.3) is 0 Å². The van der Waals surface area contributed by atoms with Gasteiger partial charge in [0.25, 0.3) is 0 Å². The summed E-state index contributed by atoms with van der Waals surface area (Å²) in [6, 6.07) is 11.4. The summed E-state index contributed by atoms with van der Waals surface area (Å²) >= 11 is 6.03. The van der Waals surface area contributed by atoms with Gasteiger partial charge in [-0.3, -0.25) is 0 Å². The first-order chi connectivity index (χ1) is 13.5. The van der Waals surface area contributed by atoms with Gasteiger partial charge in [-0.1, -0.05) is 35.9 Å². The second-order valence-corrected chi connectivity index (χ2v) is 8.37. The third kappa shape index (κ3) is 4.34. The maximum atomic E-state index is 12.7.